The van der Waals surface area contributed by atoms with Crippen LogP contribution in [0.3, 0.4) is 0 Å². The van der Waals surface area contributed by atoms with Crippen molar-refractivity contribution in [2.75, 3.05) is 33.4 Å². The maximum atomic E-state index is 11.6. The molecule has 2 aliphatic rings. The third-order valence-corrected chi connectivity index (χ3v) is 3.19. The van der Waals surface area contributed by atoms with Crippen LogP contribution in [-0.2, 0) is 9.53 Å². The summed E-state index contributed by atoms with van der Waals surface area (Å²) in [4.78, 5) is 13.3. The van der Waals surface area contributed by atoms with Crippen molar-refractivity contribution in [1.29, 1.82) is 0 Å². The molecule has 5 heteroatoms. The molecule has 0 aromatic rings. The van der Waals surface area contributed by atoms with Gasteiger partial charge >= 0.3 is 0 Å². The van der Waals surface area contributed by atoms with Gasteiger partial charge in [-0.3, -0.25) is 4.79 Å². The Bertz CT molecular complexity index is 251. The minimum Gasteiger partial charge on any atom is -0.386 e. The van der Waals surface area contributed by atoms with Gasteiger partial charge in [0.05, 0.1) is 12.6 Å². The average Bonchev–Trinajstić information content (AvgIpc) is 2.75. The summed E-state index contributed by atoms with van der Waals surface area (Å²) < 4.78 is 5.14. The monoisotopic (exact) mass is 214 g/mol. The van der Waals surface area contributed by atoms with Crippen molar-refractivity contribution < 1.29 is 14.6 Å². The van der Waals surface area contributed by atoms with Crippen LogP contribution in [0.1, 0.15) is 12.8 Å². The summed E-state index contributed by atoms with van der Waals surface area (Å²) in [5.41, 5.74) is -0.776. The number of nitrogens with zero attached hydrogens (tertiary/aromatic N) is 1. The molecule has 0 saturated carbocycles. The molecule has 5 nitrogen and oxygen atoms in total. The quantitative estimate of drug-likeness (QED) is 0.630. The number of nitrogens with one attached hydrogen (secondary N) is 1. The maximum Gasteiger partial charge on any atom is 0.239 e. The van der Waals surface area contributed by atoms with Gasteiger partial charge in [-0.1, -0.05) is 0 Å². The van der Waals surface area contributed by atoms with E-state index < -0.39 is 5.60 Å². The predicted molar refractivity (Wildman–Crippen MR) is 54.4 cm³/mol. The van der Waals surface area contributed by atoms with Gasteiger partial charge in [-0.25, -0.2) is 0 Å². The van der Waals surface area contributed by atoms with Crippen molar-refractivity contribution in [2.24, 2.45) is 0 Å². The lowest BCUT2D eigenvalue weighted by molar-refractivity contribution is -0.128. The number of ether oxygens (including phenoxy) is 1. The minimum atomic E-state index is -0.776. The molecule has 2 saturated heterocycles. The SMILES string of the molecule is CN1CCC(NCC2(O)CCOC2)C1=O. The fraction of sp³-hybridized carbons (Fsp3) is 0.900. The van der Waals surface area contributed by atoms with Crippen LogP contribution < -0.4 is 5.32 Å². The third kappa shape index (κ3) is 2.30. The molecule has 2 unspecified atom stereocenters. The second-order valence-corrected chi connectivity index (χ2v) is 4.51. The van der Waals surface area contributed by atoms with E-state index in [-0.39, 0.29) is 11.9 Å². The van der Waals surface area contributed by atoms with Crippen molar-refractivity contribution in [2.45, 2.75) is 24.5 Å². The number of rotatable bonds is 3. The molecule has 2 aliphatic heterocycles. The first-order chi connectivity index (χ1) is 7.11. The van der Waals surface area contributed by atoms with E-state index >= 15 is 0 Å². The smallest absolute Gasteiger partial charge is 0.239 e. The van der Waals surface area contributed by atoms with Crippen molar-refractivity contribution in [3.05, 3.63) is 0 Å². The molecule has 0 aromatic carbocycles. The van der Waals surface area contributed by atoms with E-state index in [0.717, 1.165) is 13.0 Å². The topological polar surface area (TPSA) is 61.8 Å². The van der Waals surface area contributed by atoms with Gasteiger partial charge in [-0.15, -0.1) is 0 Å². The number of hydrogen-bond acceptors (Lipinski definition) is 4. The van der Waals surface area contributed by atoms with Gasteiger partial charge in [0.2, 0.25) is 5.91 Å². The standard InChI is InChI=1S/C10H18N2O3/c1-12-4-2-8(9(12)13)11-6-10(14)3-5-15-7-10/h8,11,14H,2-7H2,1H3. The Kier molecular flexibility index (Phi) is 2.95. The third-order valence-electron chi connectivity index (χ3n) is 3.19. The molecule has 2 atom stereocenters. The summed E-state index contributed by atoms with van der Waals surface area (Å²) in [6.45, 7) is 2.22. The lowest BCUT2D eigenvalue weighted by Gasteiger charge is -2.22. The minimum absolute atomic E-state index is 0.123. The van der Waals surface area contributed by atoms with Gasteiger partial charge in [0, 0.05) is 33.2 Å². The molecule has 0 aliphatic carbocycles. The Hall–Kier alpha value is -0.650. The van der Waals surface area contributed by atoms with Crippen LogP contribution in [0, 0.1) is 0 Å². The van der Waals surface area contributed by atoms with Crippen LogP contribution in [-0.4, -0.2) is 60.9 Å². The Morgan fingerprint density at radius 3 is 3.07 bits per heavy atom. The molecule has 0 spiro atoms. The summed E-state index contributed by atoms with van der Waals surface area (Å²) >= 11 is 0. The summed E-state index contributed by atoms with van der Waals surface area (Å²) in [5.74, 6) is 0.123. The molecular formula is C10H18N2O3. The summed E-state index contributed by atoms with van der Waals surface area (Å²) in [7, 11) is 1.80. The van der Waals surface area contributed by atoms with E-state index in [1.807, 2.05) is 0 Å². The molecular weight excluding hydrogens is 196 g/mol. The summed E-state index contributed by atoms with van der Waals surface area (Å²) in [5, 5.41) is 13.1. The number of likely N-dealkylation sites (N-methyl/N-ethyl adjacent to an activating group) is 1. The van der Waals surface area contributed by atoms with E-state index in [0.29, 0.717) is 26.2 Å². The maximum absolute atomic E-state index is 11.6. The zero-order chi connectivity index (χ0) is 10.9. The Morgan fingerprint density at radius 2 is 2.53 bits per heavy atom. The van der Waals surface area contributed by atoms with Gasteiger partial charge in [0.25, 0.3) is 0 Å². The number of carbonyl (C=O) groups excluding carboxylic acids is 1. The van der Waals surface area contributed by atoms with Gasteiger partial charge in [0.1, 0.15) is 5.60 Å². The Balaban J connectivity index is 1.80. The lowest BCUT2D eigenvalue weighted by Crippen LogP contribution is -2.47. The van der Waals surface area contributed by atoms with Gasteiger partial charge in [-0.05, 0) is 6.42 Å². The van der Waals surface area contributed by atoms with Crippen LogP contribution in [0.15, 0.2) is 0 Å². The molecule has 2 N–H and O–H groups in total. The Labute approximate surface area is 89.4 Å². The highest BCUT2D eigenvalue weighted by molar-refractivity contribution is 5.83. The van der Waals surface area contributed by atoms with Crippen LogP contribution >= 0.6 is 0 Å². The number of aliphatic hydroxyl groups is 1. The van der Waals surface area contributed by atoms with E-state index in [1.165, 1.54) is 0 Å². The zero-order valence-corrected chi connectivity index (χ0v) is 9.03. The molecule has 0 aromatic heterocycles. The first kappa shape index (κ1) is 10.9. The largest absolute Gasteiger partial charge is 0.386 e. The number of amides is 1. The van der Waals surface area contributed by atoms with Crippen molar-refractivity contribution >= 4 is 5.91 Å². The van der Waals surface area contributed by atoms with E-state index in [1.54, 1.807) is 11.9 Å². The van der Waals surface area contributed by atoms with Crippen LogP contribution in [0.5, 0.6) is 0 Å². The molecule has 86 valence electrons. The van der Waals surface area contributed by atoms with E-state index in [4.69, 9.17) is 4.74 Å². The highest BCUT2D eigenvalue weighted by atomic mass is 16.5. The summed E-state index contributed by atoms with van der Waals surface area (Å²) in [6, 6.07) is -0.125. The van der Waals surface area contributed by atoms with Crippen molar-refractivity contribution in [1.82, 2.24) is 10.2 Å². The van der Waals surface area contributed by atoms with E-state index in [9.17, 15) is 9.90 Å². The Morgan fingerprint density at radius 1 is 1.73 bits per heavy atom. The summed E-state index contributed by atoms with van der Waals surface area (Å²) in [6.07, 6.45) is 1.48. The lowest BCUT2D eigenvalue weighted by atomic mass is 10.0. The molecule has 0 bridgehead atoms. The first-order valence-corrected chi connectivity index (χ1v) is 5.39. The second-order valence-electron chi connectivity index (χ2n) is 4.51. The predicted octanol–water partition coefficient (Wildman–Crippen LogP) is -1.04. The number of carbonyl (C=O) groups is 1. The van der Waals surface area contributed by atoms with Crippen LogP contribution in [0.4, 0.5) is 0 Å². The molecule has 0 radical (unpaired) electrons. The fourth-order valence-corrected chi connectivity index (χ4v) is 2.06. The molecule has 15 heavy (non-hydrogen) atoms. The normalized spacial score (nSPS) is 36.5. The van der Waals surface area contributed by atoms with Crippen LogP contribution in [0.2, 0.25) is 0 Å². The van der Waals surface area contributed by atoms with Gasteiger partial charge in [0.15, 0.2) is 0 Å². The van der Waals surface area contributed by atoms with Crippen molar-refractivity contribution in [3.8, 4) is 0 Å². The molecule has 1 amide bonds. The molecule has 2 rings (SSSR count). The van der Waals surface area contributed by atoms with Gasteiger partial charge < -0.3 is 20.1 Å². The van der Waals surface area contributed by atoms with Crippen molar-refractivity contribution in [3.63, 3.8) is 0 Å². The highest BCUT2D eigenvalue weighted by Gasteiger charge is 2.35. The highest BCUT2D eigenvalue weighted by Crippen LogP contribution is 2.18. The number of hydrogen-bond donors (Lipinski definition) is 2. The van der Waals surface area contributed by atoms with Crippen LogP contribution in [0.25, 0.3) is 0 Å². The van der Waals surface area contributed by atoms with Gasteiger partial charge in [-0.2, -0.15) is 0 Å². The number of likely N-dealkylation sites (tertiary alicyclic amines) is 1. The first-order valence-electron chi connectivity index (χ1n) is 5.39. The molecule has 2 heterocycles. The molecule has 2 fully saturated rings. The average molecular weight is 214 g/mol. The fourth-order valence-electron chi connectivity index (χ4n) is 2.06. The second kappa shape index (κ2) is 4.08. The van der Waals surface area contributed by atoms with E-state index in [2.05, 4.69) is 5.32 Å². The zero-order valence-electron chi connectivity index (χ0n) is 9.03.